The molecule has 0 spiro atoms. The Morgan fingerprint density at radius 2 is 2.16 bits per heavy atom. The Hall–Kier alpha value is -1.92. The summed E-state index contributed by atoms with van der Waals surface area (Å²) in [5.74, 6) is -0.110. The second kappa shape index (κ2) is 6.77. The molecule has 1 unspecified atom stereocenters. The minimum atomic E-state index is -1.09. The van der Waals surface area contributed by atoms with Crippen LogP contribution >= 0.6 is 11.3 Å². The number of carboxylic acids is 1. The number of benzene rings is 1. The first-order chi connectivity index (χ1) is 11.7. The molecule has 0 saturated carbocycles. The van der Waals surface area contributed by atoms with Gasteiger partial charge in [0.25, 0.3) is 0 Å². The standard InChI is InChI=1S/C19H23NO4S/c1-11-20-15(16(18(21)22)24-19(2,3)4)17(25-11)13-7-8-14-12(10-13)6-5-9-23-14/h7-8,10,16H,5-6,9H2,1-4H3,(H,21,22). The van der Waals surface area contributed by atoms with E-state index in [-0.39, 0.29) is 0 Å². The molecule has 1 N–H and O–H groups in total. The van der Waals surface area contributed by atoms with Crippen molar-refractivity contribution in [2.24, 2.45) is 0 Å². The lowest BCUT2D eigenvalue weighted by Gasteiger charge is -2.24. The molecule has 6 heteroatoms. The van der Waals surface area contributed by atoms with Crippen LogP contribution in [0, 0.1) is 6.92 Å². The van der Waals surface area contributed by atoms with Crippen molar-refractivity contribution in [2.75, 3.05) is 6.61 Å². The Bertz CT molecular complexity index is 791. The molecule has 0 aliphatic carbocycles. The summed E-state index contributed by atoms with van der Waals surface area (Å²) < 4.78 is 11.5. The number of aryl methyl sites for hydroxylation is 2. The fraction of sp³-hybridized carbons (Fsp3) is 0.474. The van der Waals surface area contributed by atoms with Crippen molar-refractivity contribution in [3.05, 3.63) is 34.5 Å². The summed E-state index contributed by atoms with van der Waals surface area (Å²) in [6.07, 6.45) is 0.875. The highest BCUT2D eigenvalue weighted by atomic mass is 32.1. The van der Waals surface area contributed by atoms with Crippen molar-refractivity contribution in [3.63, 3.8) is 0 Å². The molecule has 0 bridgehead atoms. The van der Waals surface area contributed by atoms with Crippen LogP contribution in [-0.2, 0) is 16.0 Å². The third-order valence-corrected chi connectivity index (χ3v) is 4.91. The molecule has 1 aliphatic heterocycles. The lowest BCUT2D eigenvalue weighted by Crippen LogP contribution is -2.27. The lowest BCUT2D eigenvalue weighted by molar-refractivity contribution is -0.161. The molecule has 25 heavy (non-hydrogen) atoms. The number of carbonyl (C=O) groups is 1. The topological polar surface area (TPSA) is 68.7 Å². The molecule has 2 heterocycles. The lowest BCUT2D eigenvalue weighted by atomic mass is 10.0. The Morgan fingerprint density at radius 1 is 1.40 bits per heavy atom. The van der Waals surface area contributed by atoms with Crippen LogP contribution in [0.4, 0.5) is 0 Å². The summed E-state index contributed by atoms with van der Waals surface area (Å²) in [5.41, 5.74) is 2.02. The van der Waals surface area contributed by atoms with Gasteiger partial charge in [-0.1, -0.05) is 0 Å². The van der Waals surface area contributed by atoms with E-state index in [0.29, 0.717) is 5.69 Å². The predicted octanol–water partition coefficient (Wildman–Crippen LogP) is 4.38. The first kappa shape index (κ1) is 17.9. The van der Waals surface area contributed by atoms with Crippen molar-refractivity contribution < 1.29 is 19.4 Å². The maximum Gasteiger partial charge on any atom is 0.339 e. The molecular weight excluding hydrogens is 338 g/mol. The molecule has 2 aromatic rings. The summed E-state index contributed by atoms with van der Waals surface area (Å²) in [5, 5.41) is 10.5. The Kier molecular flexibility index (Phi) is 4.84. The highest BCUT2D eigenvalue weighted by Crippen LogP contribution is 2.39. The SMILES string of the molecule is Cc1nc(C(OC(C)(C)C)C(=O)O)c(-c2ccc3c(c2)CCCO3)s1. The number of ether oxygens (including phenoxy) is 2. The van der Waals surface area contributed by atoms with Gasteiger partial charge in [0.05, 0.1) is 27.8 Å². The van der Waals surface area contributed by atoms with Crippen LogP contribution in [0.25, 0.3) is 10.4 Å². The van der Waals surface area contributed by atoms with Crippen LogP contribution in [0.3, 0.4) is 0 Å². The fourth-order valence-electron chi connectivity index (χ4n) is 2.91. The average Bonchev–Trinajstić information content (AvgIpc) is 2.92. The minimum Gasteiger partial charge on any atom is -0.493 e. The molecule has 0 fully saturated rings. The highest BCUT2D eigenvalue weighted by molar-refractivity contribution is 7.15. The zero-order valence-corrected chi connectivity index (χ0v) is 15.8. The van der Waals surface area contributed by atoms with Gasteiger partial charge in [-0.2, -0.15) is 0 Å². The van der Waals surface area contributed by atoms with E-state index < -0.39 is 17.7 Å². The Balaban J connectivity index is 2.04. The largest absolute Gasteiger partial charge is 0.493 e. The van der Waals surface area contributed by atoms with E-state index in [0.717, 1.165) is 46.2 Å². The number of hydrogen-bond acceptors (Lipinski definition) is 5. The van der Waals surface area contributed by atoms with Gasteiger partial charge in [0.2, 0.25) is 0 Å². The van der Waals surface area contributed by atoms with Crippen molar-refractivity contribution in [1.82, 2.24) is 4.98 Å². The fourth-order valence-corrected chi connectivity index (χ4v) is 3.85. The number of fused-ring (bicyclic) bond motifs is 1. The Labute approximate surface area is 151 Å². The molecule has 134 valence electrons. The van der Waals surface area contributed by atoms with Crippen molar-refractivity contribution >= 4 is 17.3 Å². The number of hydrogen-bond donors (Lipinski definition) is 1. The maximum atomic E-state index is 11.8. The quantitative estimate of drug-likeness (QED) is 0.875. The molecule has 0 amide bonds. The van der Waals surface area contributed by atoms with E-state index >= 15 is 0 Å². The number of aromatic nitrogens is 1. The summed E-state index contributed by atoms with van der Waals surface area (Å²) in [6, 6.07) is 6.01. The Morgan fingerprint density at radius 3 is 2.84 bits per heavy atom. The summed E-state index contributed by atoms with van der Waals surface area (Å²) in [7, 11) is 0. The van der Waals surface area contributed by atoms with Crippen LogP contribution in [0.5, 0.6) is 5.75 Å². The number of aliphatic carboxylic acids is 1. The van der Waals surface area contributed by atoms with Gasteiger partial charge in [0.1, 0.15) is 5.75 Å². The second-order valence-electron chi connectivity index (χ2n) is 7.17. The van der Waals surface area contributed by atoms with Gasteiger partial charge < -0.3 is 14.6 Å². The van der Waals surface area contributed by atoms with Crippen LogP contribution in [0.2, 0.25) is 0 Å². The minimum absolute atomic E-state index is 0.474. The number of nitrogens with zero attached hydrogens (tertiary/aromatic N) is 1. The second-order valence-corrected chi connectivity index (χ2v) is 8.37. The van der Waals surface area contributed by atoms with Crippen molar-refractivity contribution in [1.29, 1.82) is 0 Å². The van der Waals surface area contributed by atoms with Gasteiger partial charge in [-0.05, 0) is 69.9 Å². The van der Waals surface area contributed by atoms with Crippen molar-refractivity contribution in [3.8, 4) is 16.2 Å². The number of carboxylic acid groups (broad SMARTS) is 1. The molecule has 5 nitrogen and oxygen atoms in total. The van der Waals surface area contributed by atoms with Gasteiger partial charge in [-0.3, -0.25) is 0 Å². The first-order valence-corrected chi connectivity index (χ1v) is 9.20. The van der Waals surface area contributed by atoms with Crippen LogP contribution in [0.15, 0.2) is 18.2 Å². The third kappa shape index (κ3) is 4.02. The smallest absolute Gasteiger partial charge is 0.339 e. The average molecular weight is 361 g/mol. The van der Waals surface area contributed by atoms with Gasteiger partial charge in [-0.15, -0.1) is 11.3 Å². The summed E-state index contributed by atoms with van der Waals surface area (Å²) in [6.45, 7) is 8.17. The maximum absolute atomic E-state index is 11.8. The van der Waals surface area contributed by atoms with Crippen LogP contribution in [-0.4, -0.2) is 28.3 Å². The van der Waals surface area contributed by atoms with Gasteiger partial charge in [0, 0.05) is 0 Å². The van der Waals surface area contributed by atoms with Gasteiger partial charge in [-0.25, -0.2) is 9.78 Å². The zero-order chi connectivity index (χ0) is 18.2. The molecule has 0 saturated heterocycles. The van der Waals surface area contributed by atoms with E-state index in [9.17, 15) is 9.90 Å². The van der Waals surface area contributed by atoms with Gasteiger partial charge >= 0.3 is 5.97 Å². The monoisotopic (exact) mass is 361 g/mol. The summed E-state index contributed by atoms with van der Waals surface area (Å²) in [4.78, 5) is 17.2. The molecule has 3 rings (SSSR count). The third-order valence-electron chi connectivity index (χ3n) is 3.88. The highest BCUT2D eigenvalue weighted by Gasteiger charge is 2.32. The molecule has 1 atom stereocenters. The molecular formula is C19H23NO4S. The molecule has 1 aromatic carbocycles. The van der Waals surface area contributed by atoms with Crippen LogP contribution in [0.1, 0.15) is 49.6 Å². The van der Waals surface area contributed by atoms with E-state index in [4.69, 9.17) is 9.47 Å². The van der Waals surface area contributed by atoms with Gasteiger partial charge in [0.15, 0.2) is 6.10 Å². The molecule has 1 aliphatic rings. The van der Waals surface area contributed by atoms with Crippen LogP contribution < -0.4 is 4.74 Å². The first-order valence-electron chi connectivity index (χ1n) is 8.38. The van der Waals surface area contributed by atoms with E-state index in [1.807, 2.05) is 39.8 Å². The van der Waals surface area contributed by atoms with E-state index in [2.05, 4.69) is 11.1 Å². The van der Waals surface area contributed by atoms with E-state index in [1.54, 1.807) is 0 Å². The molecule has 1 aromatic heterocycles. The summed E-state index contributed by atoms with van der Waals surface area (Å²) >= 11 is 1.49. The van der Waals surface area contributed by atoms with Crippen molar-refractivity contribution in [2.45, 2.75) is 52.2 Å². The predicted molar refractivity (Wildman–Crippen MR) is 97.3 cm³/mol. The number of rotatable bonds is 4. The normalized spacial score (nSPS) is 15.4. The zero-order valence-electron chi connectivity index (χ0n) is 15.0. The number of thiazole rings is 1. The molecule has 0 radical (unpaired) electrons. The van der Waals surface area contributed by atoms with E-state index in [1.165, 1.54) is 11.3 Å².